The average molecular weight is 276 g/mol. The van der Waals surface area contributed by atoms with E-state index >= 15 is 0 Å². The molecule has 1 aromatic rings. The van der Waals surface area contributed by atoms with Gasteiger partial charge in [0, 0.05) is 28.2 Å². The van der Waals surface area contributed by atoms with Gasteiger partial charge in [-0.25, -0.2) is 0 Å². The van der Waals surface area contributed by atoms with E-state index in [0.29, 0.717) is 22.2 Å². The highest BCUT2D eigenvalue weighted by atomic mass is 35.5. The zero-order valence-corrected chi connectivity index (χ0v) is 11.3. The number of rotatable bonds is 4. The molecular weight excluding hydrogens is 261 g/mol. The van der Waals surface area contributed by atoms with Gasteiger partial charge in [0.25, 0.3) is 5.91 Å². The summed E-state index contributed by atoms with van der Waals surface area (Å²) in [5.74, 6) is -0.182. The predicted molar refractivity (Wildman–Crippen MR) is 69.7 cm³/mol. The molecule has 0 heterocycles. The molecule has 0 aliphatic carbocycles. The van der Waals surface area contributed by atoms with E-state index in [1.54, 1.807) is 23.1 Å². The van der Waals surface area contributed by atoms with Crippen molar-refractivity contribution in [3.63, 3.8) is 0 Å². The van der Waals surface area contributed by atoms with Crippen LogP contribution in [0.3, 0.4) is 0 Å². The molecular formula is C12H15Cl2NO2. The Kier molecular flexibility index (Phi) is 5.25. The second kappa shape index (κ2) is 6.24. The maximum absolute atomic E-state index is 12.2. The van der Waals surface area contributed by atoms with Crippen LogP contribution >= 0.6 is 23.2 Å². The summed E-state index contributed by atoms with van der Waals surface area (Å²) in [6.07, 6.45) is 0. The number of hydrogen-bond donors (Lipinski definition) is 1. The van der Waals surface area contributed by atoms with Crippen LogP contribution in [0.4, 0.5) is 0 Å². The van der Waals surface area contributed by atoms with Gasteiger partial charge in [-0.3, -0.25) is 4.79 Å². The summed E-state index contributed by atoms with van der Waals surface area (Å²) in [6.45, 7) is 4.00. The third-order valence-electron chi connectivity index (χ3n) is 2.33. The Morgan fingerprint density at radius 3 is 2.24 bits per heavy atom. The number of aliphatic hydroxyl groups is 1. The fraction of sp³-hybridized carbons (Fsp3) is 0.417. The van der Waals surface area contributed by atoms with Crippen molar-refractivity contribution in [3.05, 3.63) is 33.8 Å². The second-order valence-electron chi connectivity index (χ2n) is 3.97. The highest BCUT2D eigenvalue weighted by Gasteiger charge is 2.18. The number of amides is 1. The first-order valence-corrected chi connectivity index (χ1v) is 6.09. The molecule has 0 bridgehead atoms. The average Bonchev–Trinajstić information content (AvgIpc) is 2.23. The maximum atomic E-state index is 12.2. The lowest BCUT2D eigenvalue weighted by Crippen LogP contribution is -2.39. The van der Waals surface area contributed by atoms with Crippen LogP contribution in [0.5, 0.6) is 0 Å². The summed E-state index contributed by atoms with van der Waals surface area (Å²) in [4.78, 5) is 13.7. The van der Waals surface area contributed by atoms with Crippen LogP contribution in [0.15, 0.2) is 18.2 Å². The molecule has 94 valence electrons. The topological polar surface area (TPSA) is 40.5 Å². The van der Waals surface area contributed by atoms with Crippen LogP contribution in [0, 0.1) is 0 Å². The predicted octanol–water partition coefficient (Wildman–Crippen LogP) is 2.84. The molecule has 0 aliphatic rings. The summed E-state index contributed by atoms with van der Waals surface area (Å²) in [7, 11) is 0. The van der Waals surface area contributed by atoms with Crippen LogP contribution < -0.4 is 0 Å². The molecule has 3 nitrogen and oxygen atoms in total. The van der Waals surface area contributed by atoms with E-state index in [4.69, 9.17) is 28.3 Å². The summed E-state index contributed by atoms with van der Waals surface area (Å²) in [6, 6.07) is 4.73. The summed E-state index contributed by atoms with van der Waals surface area (Å²) in [5.41, 5.74) is 0.435. The Morgan fingerprint density at radius 2 is 1.82 bits per heavy atom. The van der Waals surface area contributed by atoms with Crippen molar-refractivity contribution >= 4 is 29.1 Å². The zero-order chi connectivity index (χ0) is 13.0. The van der Waals surface area contributed by atoms with E-state index in [2.05, 4.69) is 0 Å². The van der Waals surface area contributed by atoms with Crippen LogP contribution in [0.25, 0.3) is 0 Å². The maximum Gasteiger partial charge on any atom is 0.254 e. The van der Waals surface area contributed by atoms with E-state index in [-0.39, 0.29) is 18.6 Å². The first kappa shape index (κ1) is 14.3. The largest absolute Gasteiger partial charge is 0.395 e. The van der Waals surface area contributed by atoms with Gasteiger partial charge >= 0.3 is 0 Å². The molecule has 5 heteroatoms. The first-order valence-electron chi connectivity index (χ1n) is 5.33. The Labute approximate surface area is 111 Å². The van der Waals surface area contributed by atoms with Gasteiger partial charge < -0.3 is 10.0 Å². The lowest BCUT2D eigenvalue weighted by molar-refractivity contribution is 0.0665. The van der Waals surface area contributed by atoms with E-state index in [1.165, 1.54) is 0 Å². The van der Waals surface area contributed by atoms with Gasteiger partial charge in [0.1, 0.15) is 0 Å². The van der Waals surface area contributed by atoms with Crippen molar-refractivity contribution in [1.29, 1.82) is 0 Å². The molecule has 0 spiro atoms. The number of carbonyl (C=O) groups excluding carboxylic acids is 1. The molecule has 1 rings (SSSR count). The summed E-state index contributed by atoms with van der Waals surface area (Å²) in [5, 5.41) is 9.79. The van der Waals surface area contributed by atoms with Crippen LogP contribution in [-0.4, -0.2) is 35.1 Å². The first-order chi connectivity index (χ1) is 7.95. The number of nitrogens with zero attached hydrogens (tertiary/aromatic N) is 1. The Hall–Kier alpha value is -0.770. The van der Waals surface area contributed by atoms with Gasteiger partial charge in [-0.2, -0.15) is 0 Å². The highest BCUT2D eigenvalue weighted by molar-refractivity contribution is 6.35. The van der Waals surface area contributed by atoms with Crippen molar-refractivity contribution in [2.24, 2.45) is 0 Å². The molecule has 0 aromatic heterocycles. The van der Waals surface area contributed by atoms with E-state index in [1.807, 2.05) is 13.8 Å². The number of aliphatic hydroxyl groups excluding tert-OH is 1. The van der Waals surface area contributed by atoms with E-state index in [9.17, 15) is 4.79 Å². The van der Waals surface area contributed by atoms with Crippen molar-refractivity contribution in [2.45, 2.75) is 19.9 Å². The second-order valence-corrected chi connectivity index (χ2v) is 4.85. The molecule has 1 amide bonds. The monoisotopic (exact) mass is 275 g/mol. The van der Waals surface area contributed by atoms with Gasteiger partial charge in [0.05, 0.1) is 6.61 Å². The Balaban J connectivity index is 3.00. The van der Waals surface area contributed by atoms with Crippen molar-refractivity contribution in [2.75, 3.05) is 13.2 Å². The van der Waals surface area contributed by atoms with Crippen molar-refractivity contribution < 1.29 is 9.90 Å². The quantitative estimate of drug-likeness (QED) is 0.918. The molecule has 0 saturated carbocycles. The zero-order valence-electron chi connectivity index (χ0n) is 9.78. The minimum atomic E-state index is -0.182. The van der Waals surface area contributed by atoms with Gasteiger partial charge in [0.15, 0.2) is 0 Å². The summed E-state index contributed by atoms with van der Waals surface area (Å²) >= 11 is 11.7. The van der Waals surface area contributed by atoms with Crippen LogP contribution in [0.2, 0.25) is 10.0 Å². The number of benzene rings is 1. The van der Waals surface area contributed by atoms with Gasteiger partial charge in [-0.15, -0.1) is 0 Å². The normalized spacial score (nSPS) is 10.7. The third kappa shape index (κ3) is 3.87. The smallest absolute Gasteiger partial charge is 0.254 e. The molecule has 0 unspecified atom stereocenters. The number of halogens is 2. The van der Waals surface area contributed by atoms with E-state index in [0.717, 1.165) is 0 Å². The molecule has 0 aliphatic heterocycles. The molecule has 0 saturated heterocycles. The summed E-state index contributed by atoms with van der Waals surface area (Å²) < 4.78 is 0. The fourth-order valence-electron chi connectivity index (χ4n) is 1.55. The molecule has 1 N–H and O–H groups in total. The molecule has 17 heavy (non-hydrogen) atoms. The Bertz CT molecular complexity index is 387. The molecule has 1 aromatic carbocycles. The standard InChI is InChI=1S/C12H15Cl2NO2/c1-8(2)15(3-4-16)12(17)9-5-10(13)7-11(14)6-9/h5-8,16H,3-4H2,1-2H3. The fourth-order valence-corrected chi connectivity index (χ4v) is 2.07. The SMILES string of the molecule is CC(C)N(CCO)C(=O)c1cc(Cl)cc(Cl)c1. The van der Waals surface area contributed by atoms with Crippen LogP contribution in [0.1, 0.15) is 24.2 Å². The van der Waals surface area contributed by atoms with Crippen molar-refractivity contribution in [3.8, 4) is 0 Å². The van der Waals surface area contributed by atoms with E-state index < -0.39 is 0 Å². The number of hydrogen-bond acceptors (Lipinski definition) is 2. The molecule has 0 atom stereocenters. The molecule has 0 radical (unpaired) electrons. The molecule has 0 fully saturated rings. The number of carbonyl (C=O) groups is 1. The van der Waals surface area contributed by atoms with Crippen LogP contribution in [-0.2, 0) is 0 Å². The Morgan fingerprint density at radius 1 is 1.29 bits per heavy atom. The lowest BCUT2D eigenvalue weighted by atomic mass is 10.1. The van der Waals surface area contributed by atoms with Gasteiger partial charge in [0.2, 0.25) is 0 Å². The lowest BCUT2D eigenvalue weighted by Gasteiger charge is -2.26. The minimum absolute atomic E-state index is 0.00686. The minimum Gasteiger partial charge on any atom is -0.395 e. The van der Waals surface area contributed by atoms with Crippen molar-refractivity contribution in [1.82, 2.24) is 4.90 Å². The van der Waals surface area contributed by atoms with Gasteiger partial charge in [-0.05, 0) is 32.0 Å². The van der Waals surface area contributed by atoms with Gasteiger partial charge in [-0.1, -0.05) is 23.2 Å². The third-order valence-corrected chi connectivity index (χ3v) is 2.77. The highest BCUT2D eigenvalue weighted by Crippen LogP contribution is 2.20.